The van der Waals surface area contributed by atoms with Crippen LogP contribution in [0.1, 0.15) is 0 Å². The highest BCUT2D eigenvalue weighted by Crippen LogP contribution is 2.46. The Balaban J connectivity index is 1.15. The molecule has 0 unspecified atom stereocenters. The van der Waals surface area contributed by atoms with Crippen LogP contribution in [0.25, 0.3) is 73.4 Å². The molecule has 3 aromatic heterocycles. The van der Waals surface area contributed by atoms with Crippen LogP contribution < -0.4 is 4.90 Å². The lowest BCUT2D eigenvalue weighted by atomic mass is 10.0. The van der Waals surface area contributed by atoms with Crippen LogP contribution in [0.5, 0.6) is 0 Å². The van der Waals surface area contributed by atoms with E-state index in [9.17, 15) is 0 Å². The summed E-state index contributed by atoms with van der Waals surface area (Å²) in [4.78, 5) is 7.44. The third kappa shape index (κ3) is 4.72. The normalized spacial score (nSPS) is 11.7. The molecule has 49 heavy (non-hydrogen) atoms. The maximum Gasteiger partial charge on any atom is 0.146 e. The first-order valence-corrected chi connectivity index (χ1v) is 18.1. The van der Waals surface area contributed by atoms with Crippen molar-refractivity contribution in [2.24, 2.45) is 0 Å². The van der Waals surface area contributed by atoms with Crippen molar-refractivity contribution in [3.05, 3.63) is 170 Å². The molecule has 0 saturated carbocycles. The Labute approximate surface area is 291 Å². The highest BCUT2D eigenvalue weighted by atomic mass is 32.1. The lowest BCUT2D eigenvalue weighted by Crippen LogP contribution is -2.11. The maximum absolute atomic E-state index is 5.12. The van der Waals surface area contributed by atoms with Crippen LogP contribution in [0.3, 0.4) is 0 Å². The molecule has 2 nitrogen and oxygen atoms in total. The number of fused-ring (bicyclic) bond motifs is 7. The summed E-state index contributed by atoms with van der Waals surface area (Å²) < 4.78 is 5.15. The van der Waals surface area contributed by atoms with Crippen LogP contribution in [0.2, 0.25) is 0 Å². The lowest BCUT2D eigenvalue weighted by Gasteiger charge is -2.25. The molecular formula is C45H28N2S2. The van der Waals surface area contributed by atoms with Crippen LogP contribution in [-0.4, -0.2) is 4.98 Å². The molecule has 0 bridgehead atoms. The van der Waals surface area contributed by atoms with E-state index < -0.39 is 0 Å². The number of hydrogen-bond donors (Lipinski definition) is 0. The second kappa shape index (κ2) is 11.4. The first kappa shape index (κ1) is 28.2. The highest BCUT2D eigenvalue weighted by Gasteiger charge is 2.21. The average Bonchev–Trinajstić information content (AvgIpc) is 3.73. The summed E-state index contributed by atoms with van der Waals surface area (Å²) in [5.74, 6) is 0.936. The number of nitrogens with zero attached hydrogens (tertiary/aromatic N) is 2. The molecule has 0 saturated heterocycles. The molecule has 3 heterocycles. The molecule has 10 rings (SSSR count). The quantitative estimate of drug-likeness (QED) is 0.183. The zero-order valence-electron chi connectivity index (χ0n) is 26.4. The predicted octanol–water partition coefficient (Wildman–Crippen LogP) is 13.8. The van der Waals surface area contributed by atoms with Gasteiger partial charge < -0.3 is 0 Å². The Morgan fingerprint density at radius 2 is 1.08 bits per heavy atom. The predicted molar refractivity (Wildman–Crippen MR) is 213 cm³/mol. The van der Waals surface area contributed by atoms with Crippen molar-refractivity contribution >= 4 is 91.0 Å². The smallest absolute Gasteiger partial charge is 0.146 e. The molecule has 0 aliphatic rings. The van der Waals surface area contributed by atoms with E-state index in [2.05, 4.69) is 169 Å². The van der Waals surface area contributed by atoms with Gasteiger partial charge in [0.05, 0.1) is 0 Å². The number of pyridine rings is 1. The van der Waals surface area contributed by atoms with Gasteiger partial charge in [-0.15, -0.1) is 22.7 Å². The molecule has 0 atom stereocenters. The van der Waals surface area contributed by atoms with Gasteiger partial charge in [0.1, 0.15) is 5.82 Å². The summed E-state index contributed by atoms with van der Waals surface area (Å²) in [6.45, 7) is 0. The number of rotatable bonds is 5. The summed E-state index contributed by atoms with van der Waals surface area (Å²) in [6, 6.07) is 59.3. The van der Waals surface area contributed by atoms with E-state index in [1.165, 1.54) is 73.4 Å². The average molecular weight is 661 g/mol. The standard InChI is InChI=1S/C45H28N2S2/c1-2-9-29(10-3-1)30-17-21-34(22-18-30)47(45-43-39-27-32-11-4-5-12-33(32)28-42(39)48-41(43)25-26-46-45)35-23-19-31(20-24-35)36-14-8-15-38-37-13-6-7-16-40(37)49-44(36)38/h1-28H. The summed E-state index contributed by atoms with van der Waals surface area (Å²) >= 11 is 3.71. The molecule has 7 aromatic carbocycles. The van der Waals surface area contributed by atoms with Gasteiger partial charge >= 0.3 is 0 Å². The fourth-order valence-corrected chi connectivity index (χ4v) is 9.52. The third-order valence-corrected chi connectivity index (χ3v) is 11.9. The number of anilines is 3. The maximum atomic E-state index is 5.12. The summed E-state index contributed by atoms with van der Waals surface area (Å²) in [7, 11) is 0. The number of thiophene rings is 2. The van der Waals surface area contributed by atoms with E-state index in [4.69, 9.17) is 4.98 Å². The monoisotopic (exact) mass is 660 g/mol. The molecule has 230 valence electrons. The first-order chi connectivity index (χ1) is 24.3. The van der Waals surface area contributed by atoms with Crippen molar-refractivity contribution in [1.29, 1.82) is 0 Å². The molecule has 0 N–H and O–H groups in total. The van der Waals surface area contributed by atoms with Crippen LogP contribution in [-0.2, 0) is 0 Å². The zero-order valence-corrected chi connectivity index (χ0v) is 28.0. The molecule has 4 heteroatoms. The topological polar surface area (TPSA) is 16.1 Å². The van der Waals surface area contributed by atoms with Crippen LogP contribution in [0, 0.1) is 0 Å². The lowest BCUT2D eigenvalue weighted by molar-refractivity contribution is 1.20. The number of benzene rings is 7. The number of aromatic nitrogens is 1. The summed E-state index contributed by atoms with van der Waals surface area (Å²) in [6.07, 6.45) is 1.95. The van der Waals surface area contributed by atoms with Crippen LogP contribution in [0.15, 0.2) is 170 Å². The Bertz CT molecular complexity index is 2810. The minimum Gasteiger partial charge on any atom is -0.295 e. The minimum absolute atomic E-state index is 0.936. The van der Waals surface area contributed by atoms with E-state index in [1.54, 1.807) is 0 Å². The van der Waals surface area contributed by atoms with Crippen molar-refractivity contribution in [2.75, 3.05) is 4.90 Å². The van der Waals surface area contributed by atoms with Crippen LogP contribution in [0.4, 0.5) is 17.2 Å². The third-order valence-electron chi connectivity index (χ3n) is 9.52. The van der Waals surface area contributed by atoms with Gasteiger partial charge in [-0.1, -0.05) is 115 Å². The van der Waals surface area contributed by atoms with Gasteiger partial charge in [0.15, 0.2) is 0 Å². The Morgan fingerprint density at radius 1 is 0.429 bits per heavy atom. The fraction of sp³-hybridized carbons (Fsp3) is 0. The molecule has 0 radical (unpaired) electrons. The summed E-state index contributed by atoms with van der Waals surface area (Å²) in [5.41, 5.74) is 7.00. The van der Waals surface area contributed by atoms with Crippen molar-refractivity contribution in [1.82, 2.24) is 4.98 Å². The van der Waals surface area contributed by atoms with E-state index in [-0.39, 0.29) is 0 Å². The Kier molecular flexibility index (Phi) is 6.57. The molecule has 10 aromatic rings. The summed E-state index contributed by atoms with van der Waals surface area (Å²) in [5, 5.41) is 7.55. The van der Waals surface area contributed by atoms with E-state index in [0.29, 0.717) is 0 Å². The number of hydrogen-bond acceptors (Lipinski definition) is 4. The minimum atomic E-state index is 0.936. The Hall–Kier alpha value is -5.81. The fourth-order valence-electron chi connectivity index (χ4n) is 7.15. The van der Waals surface area contributed by atoms with E-state index >= 15 is 0 Å². The van der Waals surface area contributed by atoms with Crippen molar-refractivity contribution in [3.8, 4) is 22.3 Å². The van der Waals surface area contributed by atoms with Gasteiger partial charge in [-0.2, -0.15) is 0 Å². The molecule has 0 spiro atoms. The highest BCUT2D eigenvalue weighted by molar-refractivity contribution is 7.26. The molecule has 0 aliphatic carbocycles. The molecule has 0 fully saturated rings. The van der Waals surface area contributed by atoms with E-state index in [0.717, 1.165) is 17.2 Å². The molecule has 0 aliphatic heterocycles. The van der Waals surface area contributed by atoms with Crippen LogP contribution >= 0.6 is 22.7 Å². The first-order valence-electron chi connectivity index (χ1n) is 16.4. The van der Waals surface area contributed by atoms with Crippen molar-refractivity contribution in [2.45, 2.75) is 0 Å². The van der Waals surface area contributed by atoms with Gasteiger partial charge in [-0.25, -0.2) is 4.98 Å². The van der Waals surface area contributed by atoms with Gasteiger partial charge in [-0.05, 0) is 81.6 Å². The zero-order chi connectivity index (χ0) is 32.3. The van der Waals surface area contributed by atoms with Gasteiger partial charge in [0.2, 0.25) is 0 Å². The second-order valence-electron chi connectivity index (χ2n) is 12.4. The molecule has 0 amide bonds. The largest absolute Gasteiger partial charge is 0.295 e. The van der Waals surface area contributed by atoms with Gasteiger partial charge in [0.25, 0.3) is 0 Å². The van der Waals surface area contributed by atoms with E-state index in [1.807, 2.05) is 28.9 Å². The second-order valence-corrected chi connectivity index (χ2v) is 14.5. The molecular weight excluding hydrogens is 633 g/mol. The SMILES string of the molecule is c1ccc(-c2ccc(N(c3ccc(-c4cccc5c4sc4ccccc45)cc3)c3nccc4sc5cc6ccccc6cc5c34)cc2)cc1. The van der Waals surface area contributed by atoms with Crippen molar-refractivity contribution < 1.29 is 0 Å². The Morgan fingerprint density at radius 3 is 1.88 bits per heavy atom. The van der Waals surface area contributed by atoms with Crippen molar-refractivity contribution in [3.63, 3.8) is 0 Å². The van der Waals surface area contributed by atoms with Gasteiger partial charge in [0, 0.05) is 57.9 Å². The van der Waals surface area contributed by atoms with Gasteiger partial charge in [-0.3, -0.25) is 4.90 Å².